The Bertz CT molecular complexity index is 755. The Morgan fingerprint density at radius 2 is 2.13 bits per heavy atom. The number of nitrogens with two attached hydrogens (primary N) is 1. The minimum absolute atomic E-state index is 0.0934. The first kappa shape index (κ1) is 14.6. The number of aromatic nitrogens is 3. The van der Waals surface area contributed by atoms with Crippen LogP contribution in [0.2, 0.25) is 0 Å². The lowest BCUT2D eigenvalue weighted by Crippen LogP contribution is -2.35. The Labute approximate surface area is 139 Å². The Morgan fingerprint density at radius 1 is 1.35 bits per heavy atom. The summed E-state index contributed by atoms with van der Waals surface area (Å²) < 4.78 is 1.55. The fourth-order valence-electron chi connectivity index (χ4n) is 2.98. The van der Waals surface area contributed by atoms with E-state index in [1.165, 1.54) is 17.3 Å². The van der Waals surface area contributed by atoms with Crippen molar-refractivity contribution in [3.63, 3.8) is 0 Å². The van der Waals surface area contributed by atoms with Gasteiger partial charge in [0.2, 0.25) is 11.1 Å². The highest BCUT2D eigenvalue weighted by Gasteiger charge is 2.32. The molecule has 1 aliphatic heterocycles. The second-order valence-electron chi connectivity index (χ2n) is 6.11. The van der Waals surface area contributed by atoms with Gasteiger partial charge in [-0.1, -0.05) is 30.0 Å². The van der Waals surface area contributed by atoms with E-state index in [4.69, 9.17) is 5.84 Å². The molecule has 7 heteroatoms. The fraction of sp³-hybridized carbons (Fsp3) is 0.438. The Hall–Kier alpha value is -2.02. The predicted molar refractivity (Wildman–Crippen MR) is 90.0 cm³/mol. The summed E-state index contributed by atoms with van der Waals surface area (Å²) in [4.78, 5) is 14.7. The van der Waals surface area contributed by atoms with Crippen LogP contribution < -0.4 is 10.7 Å². The van der Waals surface area contributed by atoms with E-state index >= 15 is 0 Å². The SMILES string of the molecule is C[C@@H](Sc1nnc(C2CC2)n1N)C(=O)N1CCc2ccccc21. The van der Waals surface area contributed by atoms with Crippen molar-refractivity contribution in [2.24, 2.45) is 0 Å². The molecule has 1 aliphatic carbocycles. The molecule has 0 radical (unpaired) electrons. The molecule has 120 valence electrons. The van der Waals surface area contributed by atoms with E-state index in [0.29, 0.717) is 11.1 Å². The number of rotatable bonds is 4. The average molecular weight is 329 g/mol. The smallest absolute Gasteiger partial charge is 0.240 e. The zero-order chi connectivity index (χ0) is 16.0. The number of nitrogen functional groups attached to an aromatic ring is 1. The van der Waals surface area contributed by atoms with E-state index in [-0.39, 0.29) is 11.2 Å². The van der Waals surface area contributed by atoms with E-state index in [1.807, 2.05) is 30.0 Å². The lowest BCUT2D eigenvalue weighted by Gasteiger charge is -2.21. The number of carbonyl (C=O) groups is 1. The summed E-state index contributed by atoms with van der Waals surface area (Å²) in [6.07, 6.45) is 3.16. The molecule has 1 saturated carbocycles. The summed E-state index contributed by atoms with van der Waals surface area (Å²) in [5.41, 5.74) is 2.26. The lowest BCUT2D eigenvalue weighted by molar-refractivity contribution is -0.117. The monoisotopic (exact) mass is 329 g/mol. The maximum Gasteiger partial charge on any atom is 0.240 e. The second-order valence-corrected chi connectivity index (χ2v) is 7.42. The molecule has 6 nitrogen and oxygen atoms in total. The van der Waals surface area contributed by atoms with Crippen molar-refractivity contribution in [1.29, 1.82) is 0 Å². The van der Waals surface area contributed by atoms with Crippen molar-refractivity contribution in [1.82, 2.24) is 14.9 Å². The van der Waals surface area contributed by atoms with Gasteiger partial charge >= 0.3 is 0 Å². The molecule has 1 aromatic carbocycles. The van der Waals surface area contributed by atoms with Gasteiger partial charge in [0.05, 0.1) is 5.25 Å². The third kappa shape index (κ3) is 2.59. The minimum atomic E-state index is -0.250. The molecule has 2 aromatic rings. The van der Waals surface area contributed by atoms with Gasteiger partial charge in [-0.2, -0.15) is 0 Å². The molecule has 2 aliphatic rings. The Morgan fingerprint density at radius 3 is 2.91 bits per heavy atom. The maximum absolute atomic E-state index is 12.8. The highest BCUT2D eigenvalue weighted by Crippen LogP contribution is 2.39. The molecule has 4 rings (SSSR count). The quantitative estimate of drug-likeness (QED) is 0.685. The van der Waals surface area contributed by atoms with Crippen LogP contribution in [0.4, 0.5) is 5.69 Å². The van der Waals surface area contributed by atoms with Gasteiger partial charge in [0.25, 0.3) is 0 Å². The number of hydrogen-bond donors (Lipinski definition) is 1. The van der Waals surface area contributed by atoms with Crippen LogP contribution in [0.15, 0.2) is 29.4 Å². The minimum Gasteiger partial charge on any atom is -0.336 e. The third-order valence-corrected chi connectivity index (χ3v) is 5.46. The van der Waals surface area contributed by atoms with Gasteiger partial charge in [-0.25, -0.2) is 4.68 Å². The molecule has 1 amide bonds. The van der Waals surface area contributed by atoms with Crippen LogP contribution in [-0.4, -0.2) is 32.6 Å². The Balaban J connectivity index is 1.49. The van der Waals surface area contributed by atoms with Crippen molar-refractivity contribution in [2.45, 2.75) is 42.5 Å². The van der Waals surface area contributed by atoms with Crippen molar-refractivity contribution in [2.75, 3.05) is 17.3 Å². The normalized spacial score (nSPS) is 18.0. The molecule has 0 saturated heterocycles. The molecule has 0 bridgehead atoms. The fourth-order valence-corrected chi connectivity index (χ4v) is 3.82. The van der Waals surface area contributed by atoms with E-state index in [1.54, 1.807) is 4.68 Å². The standard InChI is InChI=1S/C16H19N5OS/c1-10(23-16-19-18-14(21(16)17)12-6-7-12)15(22)20-9-8-11-4-2-3-5-13(11)20/h2-5,10,12H,6-9,17H2,1H3/t10-/m1/s1. The first-order valence-corrected chi connectivity index (χ1v) is 8.79. The summed E-state index contributed by atoms with van der Waals surface area (Å²) in [6, 6.07) is 8.08. The van der Waals surface area contributed by atoms with Crippen LogP contribution >= 0.6 is 11.8 Å². The number of nitrogens with zero attached hydrogens (tertiary/aromatic N) is 4. The van der Waals surface area contributed by atoms with Gasteiger partial charge in [0.15, 0.2) is 5.82 Å². The molecule has 1 aromatic heterocycles. The van der Waals surface area contributed by atoms with Gasteiger partial charge in [-0.3, -0.25) is 4.79 Å². The topological polar surface area (TPSA) is 77.0 Å². The van der Waals surface area contributed by atoms with Gasteiger partial charge in [0, 0.05) is 18.2 Å². The summed E-state index contributed by atoms with van der Waals surface area (Å²) in [6.45, 7) is 2.64. The number of amides is 1. The number of hydrogen-bond acceptors (Lipinski definition) is 5. The molecular weight excluding hydrogens is 310 g/mol. The third-order valence-electron chi connectivity index (χ3n) is 4.42. The molecule has 23 heavy (non-hydrogen) atoms. The van der Waals surface area contributed by atoms with Crippen LogP contribution in [0.3, 0.4) is 0 Å². The summed E-state index contributed by atoms with van der Waals surface area (Å²) in [5.74, 6) is 7.44. The largest absolute Gasteiger partial charge is 0.336 e. The zero-order valence-electron chi connectivity index (χ0n) is 13.0. The van der Waals surface area contributed by atoms with Crippen LogP contribution in [0.25, 0.3) is 0 Å². The number of thioether (sulfide) groups is 1. The first-order valence-electron chi connectivity index (χ1n) is 7.91. The van der Waals surface area contributed by atoms with Gasteiger partial charge in [-0.05, 0) is 37.8 Å². The summed E-state index contributed by atoms with van der Waals surface area (Å²) in [5, 5.41) is 8.68. The maximum atomic E-state index is 12.8. The van der Waals surface area contributed by atoms with E-state index in [2.05, 4.69) is 16.3 Å². The molecule has 0 unspecified atom stereocenters. The van der Waals surface area contributed by atoms with Gasteiger partial charge < -0.3 is 10.7 Å². The van der Waals surface area contributed by atoms with Crippen LogP contribution in [0.1, 0.15) is 37.1 Å². The van der Waals surface area contributed by atoms with Crippen LogP contribution in [0.5, 0.6) is 0 Å². The van der Waals surface area contributed by atoms with Gasteiger partial charge in [-0.15, -0.1) is 10.2 Å². The average Bonchev–Trinajstić information content (AvgIpc) is 3.21. The molecule has 0 spiro atoms. The van der Waals surface area contributed by atoms with E-state index in [0.717, 1.165) is 37.3 Å². The second kappa shape index (κ2) is 5.56. The highest BCUT2D eigenvalue weighted by atomic mass is 32.2. The predicted octanol–water partition coefficient (Wildman–Crippen LogP) is 1.94. The van der Waals surface area contributed by atoms with E-state index in [9.17, 15) is 4.79 Å². The molecule has 2 N–H and O–H groups in total. The zero-order valence-corrected chi connectivity index (χ0v) is 13.8. The number of para-hydroxylation sites is 1. The molecule has 2 heterocycles. The summed E-state index contributed by atoms with van der Waals surface area (Å²) >= 11 is 1.38. The van der Waals surface area contributed by atoms with Crippen molar-refractivity contribution >= 4 is 23.4 Å². The van der Waals surface area contributed by atoms with Crippen LogP contribution in [0, 0.1) is 0 Å². The molecule has 1 atom stereocenters. The Kier molecular flexibility index (Phi) is 3.52. The van der Waals surface area contributed by atoms with Crippen molar-refractivity contribution < 1.29 is 4.79 Å². The molecular formula is C16H19N5OS. The number of benzene rings is 1. The van der Waals surface area contributed by atoms with Gasteiger partial charge in [0.1, 0.15) is 0 Å². The van der Waals surface area contributed by atoms with Crippen molar-refractivity contribution in [3.8, 4) is 0 Å². The lowest BCUT2D eigenvalue weighted by atomic mass is 10.2. The number of fused-ring (bicyclic) bond motifs is 1. The summed E-state index contributed by atoms with van der Waals surface area (Å²) in [7, 11) is 0. The van der Waals surface area contributed by atoms with Crippen LogP contribution in [-0.2, 0) is 11.2 Å². The highest BCUT2D eigenvalue weighted by molar-refractivity contribution is 8.00. The van der Waals surface area contributed by atoms with E-state index < -0.39 is 0 Å². The number of carbonyl (C=O) groups excluding carboxylic acids is 1. The molecule has 1 fully saturated rings. The first-order chi connectivity index (χ1) is 11.1. The van der Waals surface area contributed by atoms with Crippen molar-refractivity contribution in [3.05, 3.63) is 35.7 Å². The number of anilines is 1.